The summed E-state index contributed by atoms with van der Waals surface area (Å²) >= 11 is 6.20. The third-order valence-electron chi connectivity index (χ3n) is 5.60. The fraction of sp³-hybridized carbons (Fsp3) is 0.364. The zero-order valence-electron chi connectivity index (χ0n) is 15.6. The lowest BCUT2D eigenvalue weighted by atomic mass is 10.1. The molecule has 1 saturated heterocycles. The molecule has 2 aromatic carbocycles. The summed E-state index contributed by atoms with van der Waals surface area (Å²) < 4.78 is 8.12. The molecule has 5 nitrogen and oxygen atoms in total. The van der Waals surface area contributed by atoms with Crippen molar-refractivity contribution in [3.63, 3.8) is 0 Å². The van der Waals surface area contributed by atoms with Crippen LogP contribution in [0.3, 0.4) is 0 Å². The second-order valence-electron chi connectivity index (χ2n) is 7.57. The van der Waals surface area contributed by atoms with Crippen LogP contribution in [0.5, 0.6) is 5.75 Å². The Kier molecular flexibility index (Phi) is 4.47. The van der Waals surface area contributed by atoms with E-state index >= 15 is 0 Å². The van der Waals surface area contributed by atoms with Crippen molar-refractivity contribution in [3.05, 3.63) is 59.4 Å². The van der Waals surface area contributed by atoms with Gasteiger partial charge in [-0.2, -0.15) is 0 Å². The van der Waals surface area contributed by atoms with Gasteiger partial charge in [0.25, 0.3) is 0 Å². The van der Waals surface area contributed by atoms with Gasteiger partial charge in [-0.05, 0) is 37.1 Å². The van der Waals surface area contributed by atoms with Crippen molar-refractivity contribution in [1.29, 1.82) is 0 Å². The van der Waals surface area contributed by atoms with Crippen LogP contribution in [0, 0.1) is 0 Å². The fourth-order valence-electron chi connectivity index (χ4n) is 4.09. The van der Waals surface area contributed by atoms with Crippen molar-refractivity contribution >= 4 is 28.5 Å². The number of hydrogen-bond acceptors (Lipinski definition) is 3. The maximum Gasteiger partial charge on any atom is 0.223 e. The first kappa shape index (κ1) is 17.6. The number of imidazole rings is 1. The highest BCUT2D eigenvalue weighted by molar-refractivity contribution is 6.32. The van der Waals surface area contributed by atoms with E-state index < -0.39 is 0 Å². The van der Waals surface area contributed by atoms with Crippen LogP contribution < -0.4 is 4.74 Å². The van der Waals surface area contributed by atoms with Gasteiger partial charge < -0.3 is 14.2 Å². The first-order valence-electron chi connectivity index (χ1n) is 9.82. The molecule has 28 heavy (non-hydrogen) atoms. The van der Waals surface area contributed by atoms with E-state index in [1.807, 2.05) is 42.5 Å². The summed E-state index contributed by atoms with van der Waals surface area (Å²) in [5.41, 5.74) is 2.05. The number of likely N-dealkylation sites (tertiary alicyclic amines) is 1. The van der Waals surface area contributed by atoms with Crippen LogP contribution in [-0.4, -0.2) is 39.6 Å². The summed E-state index contributed by atoms with van der Waals surface area (Å²) in [5, 5.41) is 0.611. The highest BCUT2D eigenvalue weighted by Crippen LogP contribution is 2.37. The molecule has 0 radical (unpaired) electrons. The minimum Gasteiger partial charge on any atom is -0.490 e. The molecule has 1 atom stereocenters. The molecule has 2 heterocycles. The van der Waals surface area contributed by atoms with E-state index in [-0.39, 0.29) is 11.8 Å². The van der Waals surface area contributed by atoms with Crippen LogP contribution in [-0.2, 0) is 11.3 Å². The Hall–Kier alpha value is -2.53. The van der Waals surface area contributed by atoms with Crippen LogP contribution in [0.25, 0.3) is 11.0 Å². The van der Waals surface area contributed by atoms with Crippen molar-refractivity contribution in [1.82, 2.24) is 14.5 Å². The van der Waals surface area contributed by atoms with Gasteiger partial charge in [-0.1, -0.05) is 35.9 Å². The van der Waals surface area contributed by atoms with Gasteiger partial charge in [-0.25, -0.2) is 4.98 Å². The summed E-state index contributed by atoms with van der Waals surface area (Å²) in [6, 6.07) is 16.1. The second-order valence-corrected chi connectivity index (χ2v) is 7.97. The predicted octanol–water partition coefficient (Wildman–Crippen LogP) is 4.25. The summed E-state index contributed by atoms with van der Waals surface area (Å²) in [6.07, 6.45) is 2.83. The van der Waals surface area contributed by atoms with Gasteiger partial charge >= 0.3 is 0 Å². The quantitative estimate of drug-likeness (QED) is 0.627. The average molecular weight is 396 g/mol. The van der Waals surface area contributed by atoms with Crippen molar-refractivity contribution in [2.45, 2.75) is 37.8 Å². The molecule has 1 aromatic heterocycles. The van der Waals surface area contributed by atoms with Gasteiger partial charge in [0.2, 0.25) is 5.91 Å². The molecule has 1 aliphatic heterocycles. The molecule has 6 heteroatoms. The van der Waals surface area contributed by atoms with Gasteiger partial charge in [0, 0.05) is 24.9 Å². The minimum absolute atomic E-state index is 0.140. The van der Waals surface area contributed by atoms with Crippen molar-refractivity contribution in [3.8, 4) is 5.75 Å². The monoisotopic (exact) mass is 395 g/mol. The van der Waals surface area contributed by atoms with E-state index in [1.165, 1.54) is 0 Å². The lowest BCUT2D eigenvalue weighted by Crippen LogP contribution is -2.27. The zero-order chi connectivity index (χ0) is 19.1. The molecule has 0 N–H and O–H groups in total. The number of carbonyl (C=O) groups excluding carboxylic acids is 1. The standard InChI is InChI=1S/C22H22ClN3O2/c23-17-5-1-4-8-20(17)28-12-11-25-19-7-3-2-6-18(19)24-22(25)15-13-21(27)26(14-15)16-9-10-16/h1-8,15-16H,9-14H2. The van der Waals surface area contributed by atoms with E-state index in [1.54, 1.807) is 0 Å². The SMILES string of the molecule is O=C1CC(c2nc3ccccc3n2CCOc2ccccc2Cl)CN1C1CC1. The number of aromatic nitrogens is 2. The highest BCUT2D eigenvalue weighted by atomic mass is 35.5. The smallest absolute Gasteiger partial charge is 0.223 e. The Morgan fingerprint density at radius 2 is 1.89 bits per heavy atom. The molecule has 3 aromatic rings. The van der Waals surface area contributed by atoms with Crippen LogP contribution in [0.2, 0.25) is 5.02 Å². The molecule has 2 fully saturated rings. The van der Waals surface area contributed by atoms with Gasteiger partial charge in [0.1, 0.15) is 18.2 Å². The Morgan fingerprint density at radius 1 is 1.11 bits per heavy atom. The molecule has 2 aliphatic rings. The third-order valence-corrected chi connectivity index (χ3v) is 5.92. The fourth-order valence-corrected chi connectivity index (χ4v) is 4.28. The number of carbonyl (C=O) groups is 1. The Morgan fingerprint density at radius 3 is 2.71 bits per heavy atom. The van der Waals surface area contributed by atoms with Gasteiger partial charge in [-0.3, -0.25) is 4.79 Å². The number of para-hydroxylation sites is 3. The number of amides is 1. The van der Waals surface area contributed by atoms with E-state index in [0.717, 1.165) is 36.2 Å². The van der Waals surface area contributed by atoms with Crippen molar-refractivity contribution in [2.24, 2.45) is 0 Å². The van der Waals surface area contributed by atoms with E-state index in [9.17, 15) is 4.79 Å². The second kappa shape index (κ2) is 7.13. The zero-order valence-corrected chi connectivity index (χ0v) is 16.3. The van der Waals surface area contributed by atoms with E-state index in [4.69, 9.17) is 21.3 Å². The molecule has 1 amide bonds. The number of ether oxygens (including phenoxy) is 1. The van der Waals surface area contributed by atoms with Crippen LogP contribution in [0.4, 0.5) is 0 Å². The number of hydrogen-bond donors (Lipinski definition) is 0. The number of nitrogens with zero attached hydrogens (tertiary/aromatic N) is 3. The maximum absolute atomic E-state index is 12.5. The molecule has 1 aliphatic carbocycles. The molecule has 0 spiro atoms. The number of benzene rings is 2. The molecule has 1 saturated carbocycles. The van der Waals surface area contributed by atoms with Crippen molar-refractivity contribution < 1.29 is 9.53 Å². The molecule has 5 rings (SSSR count). The van der Waals surface area contributed by atoms with E-state index in [0.29, 0.717) is 36.4 Å². The van der Waals surface area contributed by atoms with Gasteiger partial charge in [0.05, 0.1) is 22.6 Å². The number of fused-ring (bicyclic) bond motifs is 1. The van der Waals surface area contributed by atoms with E-state index in [2.05, 4.69) is 15.5 Å². The lowest BCUT2D eigenvalue weighted by molar-refractivity contribution is -0.128. The summed E-state index contributed by atoms with van der Waals surface area (Å²) in [5.74, 6) is 2.07. The first-order valence-corrected chi connectivity index (χ1v) is 10.2. The Labute approximate surface area is 168 Å². The van der Waals surface area contributed by atoms with Crippen molar-refractivity contribution in [2.75, 3.05) is 13.2 Å². The highest BCUT2D eigenvalue weighted by Gasteiger charge is 2.41. The first-order chi connectivity index (χ1) is 13.7. The van der Waals surface area contributed by atoms with Crippen LogP contribution in [0.15, 0.2) is 48.5 Å². The van der Waals surface area contributed by atoms with Gasteiger partial charge in [-0.15, -0.1) is 0 Å². The van der Waals surface area contributed by atoms with Crippen LogP contribution >= 0.6 is 11.6 Å². The normalized spacial score (nSPS) is 19.5. The molecular formula is C22H22ClN3O2. The number of halogens is 1. The molecule has 0 bridgehead atoms. The summed E-state index contributed by atoms with van der Waals surface area (Å²) in [7, 11) is 0. The largest absolute Gasteiger partial charge is 0.490 e. The maximum atomic E-state index is 12.5. The summed E-state index contributed by atoms with van der Waals surface area (Å²) in [4.78, 5) is 19.4. The molecule has 1 unspecified atom stereocenters. The lowest BCUT2D eigenvalue weighted by Gasteiger charge is -2.17. The average Bonchev–Trinajstić information content (AvgIpc) is 3.38. The number of rotatable bonds is 6. The Balaban J connectivity index is 1.40. The minimum atomic E-state index is 0.140. The van der Waals surface area contributed by atoms with Gasteiger partial charge in [0.15, 0.2) is 0 Å². The molecule has 144 valence electrons. The third kappa shape index (κ3) is 3.24. The molecular weight excluding hydrogens is 374 g/mol. The topological polar surface area (TPSA) is 47.4 Å². The predicted molar refractivity (Wildman–Crippen MR) is 109 cm³/mol. The van der Waals surface area contributed by atoms with Crippen LogP contribution in [0.1, 0.15) is 31.0 Å². The summed E-state index contributed by atoms with van der Waals surface area (Å²) in [6.45, 7) is 1.93. The Bertz CT molecular complexity index is 1030.